The van der Waals surface area contributed by atoms with Crippen molar-refractivity contribution in [2.75, 3.05) is 13.1 Å². The topological polar surface area (TPSA) is 89.9 Å². The van der Waals surface area contributed by atoms with Gasteiger partial charge < -0.3 is 19.4 Å². The maximum absolute atomic E-state index is 12.0. The van der Waals surface area contributed by atoms with Gasteiger partial charge in [0, 0.05) is 12.8 Å². The first kappa shape index (κ1) is 20.5. The third-order valence-corrected chi connectivity index (χ3v) is 4.69. The maximum atomic E-state index is 12.0. The van der Waals surface area contributed by atoms with Crippen molar-refractivity contribution in [3.05, 3.63) is 0 Å². The van der Waals surface area contributed by atoms with E-state index < -0.39 is 37.6 Å². The normalized spacial score (nSPS) is 16.3. The molecule has 0 rings (SSSR count). The SMILES string of the molecule is [2H]C([2H])(OC(=O)CCCCCCCCCCCCCCC)C([2H])(O)C([2H])([2H])OC(=O)CCC(C)=O. The summed E-state index contributed by atoms with van der Waals surface area (Å²) in [5, 5.41) is 10.1. The molecule has 0 fully saturated rings. The molecule has 176 valence electrons. The Morgan fingerprint density at radius 2 is 1.13 bits per heavy atom. The van der Waals surface area contributed by atoms with Gasteiger partial charge in [0.25, 0.3) is 0 Å². The van der Waals surface area contributed by atoms with Crippen molar-refractivity contribution in [2.45, 2.75) is 123 Å². The first-order valence-corrected chi connectivity index (χ1v) is 11.4. The van der Waals surface area contributed by atoms with E-state index in [2.05, 4.69) is 16.4 Å². The molecular weight excluding hydrogens is 384 g/mol. The standard InChI is InChI=1S/C24H44O6/c1-3-4-5-6-7-8-9-10-11-12-13-14-15-16-23(27)29-19-22(26)20-30-24(28)18-17-21(2)25/h22,26H,3-20H2,1-2H3/i19D2,20D2,22D. The van der Waals surface area contributed by atoms with Gasteiger partial charge in [-0.2, -0.15) is 0 Å². The highest BCUT2D eigenvalue weighted by Gasteiger charge is 2.12. The average molecular weight is 434 g/mol. The summed E-state index contributed by atoms with van der Waals surface area (Å²) in [5.41, 5.74) is 0. The quantitative estimate of drug-likeness (QED) is 0.195. The number of rotatable bonds is 21. The van der Waals surface area contributed by atoms with E-state index in [0.717, 1.165) is 25.7 Å². The molecule has 6 nitrogen and oxygen atoms in total. The molecule has 0 aliphatic heterocycles. The highest BCUT2D eigenvalue weighted by Crippen LogP contribution is 2.13. The third-order valence-electron chi connectivity index (χ3n) is 4.69. The summed E-state index contributed by atoms with van der Waals surface area (Å²) in [7, 11) is 0. The van der Waals surface area contributed by atoms with Gasteiger partial charge >= 0.3 is 11.9 Å². The first-order chi connectivity index (χ1) is 16.3. The van der Waals surface area contributed by atoms with E-state index >= 15 is 0 Å². The molecule has 0 bridgehead atoms. The van der Waals surface area contributed by atoms with Crippen molar-refractivity contribution in [2.24, 2.45) is 0 Å². The van der Waals surface area contributed by atoms with Crippen LogP contribution in [0.5, 0.6) is 0 Å². The monoisotopic (exact) mass is 433 g/mol. The fourth-order valence-corrected chi connectivity index (χ4v) is 2.90. The summed E-state index contributed by atoms with van der Waals surface area (Å²) in [5.74, 6) is -2.60. The van der Waals surface area contributed by atoms with Crippen molar-refractivity contribution in [3.63, 3.8) is 0 Å². The minimum Gasteiger partial charge on any atom is -0.463 e. The van der Waals surface area contributed by atoms with Crippen LogP contribution in [0.1, 0.15) is 123 Å². The highest BCUT2D eigenvalue weighted by atomic mass is 16.6. The van der Waals surface area contributed by atoms with E-state index in [4.69, 9.17) is 6.85 Å². The van der Waals surface area contributed by atoms with Gasteiger partial charge in [0.2, 0.25) is 0 Å². The van der Waals surface area contributed by atoms with Gasteiger partial charge in [0.1, 0.15) is 25.0 Å². The number of hydrogen-bond donors (Lipinski definition) is 1. The van der Waals surface area contributed by atoms with Crippen LogP contribution in [0.4, 0.5) is 0 Å². The largest absolute Gasteiger partial charge is 0.463 e. The van der Waals surface area contributed by atoms with Crippen molar-refractivity contribution >= 4 is 17.7 Å². The van der Waals surface area contributed by atoms with Crippen molar-refractivity contribution in [1.29, 1.82) is 0 Å². The van der Waals surface area contributed by atoms with E-state index in [1.54, 1.807) is 0 Å². The minimum atomic E-state index is -3.72. The zero-order chi connectivity index (χ0) is 27.0. The number of carbonyl (C=O) groups is 3. The Morgan fingerprint density at radius 1 is 0.733 bits per heavy atom. The minimum absolute atomic E-state index is 0.144. The molecule has 0 amide bonds. The molecule has 1 atom stereocenters. The number of aliphatic hydroxyl groups is 1. The molecule has 0 aliphatic rings. The number of unbranched alkanes of at least 4 members (excludes halogenated alkanes) is 12. The molecule has 30 heavy (non-hydrogen) atoms. The van der Waals surface area contributed by atoms with Crippen LogP contribution < -0.4 is 0 Å². The second-order valence-corrected chi connectivity index (χ2v) is 7.70. The molecule has 0 aromatic heterocycles. The zero-order valence-electron chi connectivity index (χ0n) is 23.8. The lowest BCUT2D eigenvalue weighted by molar-refractivity contribution is -0.152. The Hall–Kier alpha value is -1.43. The number of ketones is 1. The molecule has 0 spiro atoms. The number of Topliss-reactive ketones (excluding diaryl/α,β-unsaturated/α-hetero) is 1. The van der Waals surface area contributed by atoms with Crippen LogP contribution in [0.15, 0.2) is 0 Å². The van der Waals surface area contributed by atoms with Crippen LogP contribution in [0.25, 0.3) is 0 Å². The van der Waals surface area contributed by atoms with Crippen LogP contribution in [0, 0.1) is 0 Å². The smallest absolute Gasteiger partial charge is 0.306 e. The molecule has 0 aromatic carbocycles. The molecule has 0 heterocycles. The van der Waals surface area contributed by atoms with Crippen molar-refractivity contribution in [1.82, 2.24) is 0 Å². The second kappa shape index (κ2) is 20.8. The Balaban J connectivity index is 4.22. The summed E-state index contributed by atoms with van der Waals surface area (Å²) in [4.78, 5) is 34.6. The number of hydrogen-bond acceptors (Lipinski definition) is 6. The number of carbonyl (C=O) groups excluding carboxylic acids is 3. The van der Waals surface area contributed by atoms with E-state index in [-0.39, 0.29) is 18.6 Å². The van der Waals surface area contributed by atoms with Gasteiger partial charge in [-0.15, -0.1) is 0 Å². The van der Waals surface area contributed by atoms with Crippen LogP contribution in [0.3, 0.4) is 0 Å². The number of esters is 2. The van der Waals surface area contributed by atoms with Gasteiger partial charge in [-0.25, -0.2) is 0 Å². The van der Waals surface area contributed by atoms with Gasteiger partial charge in [-0.1, -0.05) is 84.0 Å². The number of ether oxygens (including phenoxy) is 2. The van der Waals surface area contributed by atoms with E-state index in [9.17, 15) is 19.5 Å². The Morgan fingerprint density at radius 3 is 1.57 bits per heavy atom. The lowest BCUT2D eigenvalue weighted by atomic mass is 10.0. The second-order valence-electron chi connectivity index (χ2n) is 7.70. The van der Waals surface area contributed by atoms with Crippen LogP contribution in [0.2, 0.25) is 0 Å². The molecule has 0 aromatic rings. The summed E-state index contributed by atoms with van der Waals surface area (Å²) < 4.78 is 47.3. The average Bonchev–Trinajstić information content (AvgIpc) is 2.74. The molecular formula is C24H44O6. The molecule has 1 N–H and O–H groups in total. The summed E-state index contributed by atoms with van der Waals surface area (Å²) in [6, 6.07) is 0. The van der Waals surface area contributed by atoms with E-state index in [0.29, 0.717) is 6.42 Å². The molecule has 1 unspecified atom stereocenters. The fraction of sp³-hybridized carbons (Fsp3) is 0.875. The summed E-state index contributed by atoms with van der Waals surface area (Å²) in [6.45, 7) is -3.58. The van der Waals surface area contributed by atoms with Gasteiger partial charge in [-0.3, -0.25) is 9.59 Å². The predicted molar refractivity (Wildman–Crippen MR) is 118 cm³/mol. The lowest BCUT2D eigenvalue weighted by Gasteiger charge is -2.12. The van der Waals surface area contributed by atoms with Crippen LogP contribution in [-0.2, 0) is 23.9 Å². The highest BCUT2D eigenvalue weighted by molar-refractivity contribution is 5.80. The predicted octanol–water partition coefficient (Wildman–Crippen LogP) is 5.28. The maximum Gasteiger partial charge on any atom is 0.306 e. The van der Waals surface area contributed by atoms with E-state index in [1.165, 1.54) is 58.3 Å². The fourth-order valence-electron chi connectivity index (χ4n) is 2.90. The third kappa shape index (κ3) is 21.3. The first-order valence-electron chi connectivity index (χ1n) is 13.9. The Kier molecular flexibility index (Phi) is 14.2. The van der Waals surface area contributed by atoms with Crippen molar-refractivity contribution in [3.8, 4) is 0 Å². The zero-order valence-corrected chi connectivity index (χ0v) is 18.8. The van der Waals surface area contributed by atoms with Crippen LogP contribution in [-0.4, -0.2) is 42.0 Å². The Bertz CT molecular complexity index is 640. The van der Waals surface area contributed by atoms with Gasteiger partial charge in [-0.05, 0) is 13.3 Å². The van der Waals surface area contributed by atoms with E-state index in [1.807, 2.05) is 0 Å². The van der Waals surface area contributed by atoms with Crippen molar-refractivity contribution < 1.29 is 35.8 Å². The van der Waals surface area contributed by atoms with Gasteiger partial charge in [0.15, 0.2) is 0 Å². The molecule has 6 heteroatoms. The molecule has 0 aliphatic carbocycles. The molecule has 0 saturated carbocycles. The summed E-state index contributed by atoms with van der Waals surface area (Å²) in [6.07, 6.45) is 9.92. The van der Waals surface area contributed by atoms with Gasteiger partial charge in [0.05, 0.1) is 13.3 Å². The molecule has 0 saturated heterocycles. The Labute approximate surface area is 190 Å². The lowest BCUT2D eigenvalue weighted by Crippen LogP contribution is -2.25. The summed E-state index contributed by atoms with van der Waals surface area (Å²) >= 11 is 0. The van der Waals surface area contributed by atoms with Crippen LogP contribution >= 0.6 is 0 Å². The molecule has 0 radical (unpaired) electrons.